The standard InChI is InChI=1S/4C23H13N2S2.C11H8N.C6H5NO2.C5H8O2.4Ir/c4*1-3-10-19-17(8-1)25-18-9-2-4-11-20(18)27-22-14-15(13-21(26-19)23(22)25)16-7-5-6-12-24-16;1-2-6-10(7-3-1)11-8-4-5-9-12-11;8-6(9)5-3-1-2-4-7-5;1-4(6)3-5(2)7;;;;/h4*1-13H;1-6,8-9H;1-4H,(H,8,9);3,6H,1-2H3;;;;/q5*-1;;;;;;. The second-order valence-electron chi connectivity index (χ2n) is 31.1. The summed E-state index contributed by atoms with van der Waals surface area (Å²) in [6.45, 7) is 2.85. The van der Waals surface area contributed by atoms with Gasteiger partial charge in [0.2, 0.25) is 0 Å². The SMILES string of the molecule is CC(=O)C=C(C)O.O=C(O)c1ccccn1.[Ir].[Ir].[Ir].[Ir].[c-]1c(-c2ccccn2)cc2c3c1Sc1ccccc1N3c1ccccc1S2.[c-]1c(-c2ccccn2)cc2c3c1Sc1ccccc1N3c1ccccc1S2.[c-]1c(-c2ccccn2)cc2c3c1Sc1ccccc1N3c1ccccc1S2.[c-]1c(-c2ccccn2)cc2c3c1Sc1ccccc1N3c1ccccc1S2.[c-]1ccccc1-c1ccccn1. The molecule has 0 unspecified atom stereocenters. The molecule has 6 aromatic heterocycles. The zero-order valence-corrected chi connectivity index (χ0v) is 89.9. The van der Waals surface area contributed by atoms with Crippen molar-refractivity contribution >= 4 is 174 Å². The molecule has 27 rings (SSSR count). The molecule has 0 saturated carbocycles. The summed E-state index contributed by atoms with van der Waals surface area (Å²) in [6, 6.07) is 138. The Labute approximate surface area is 899 Å². The Kier molecular flexibility index (Phi) is 32.5. The van der Waals surface area contributed by atoms with Crippen molar-refractivity contribution in [1.29, 1.82) is 0 Å². The average molecular weight is 2670 g/mol. The van der Waals surface area contributed by atoms with Crippen LogP contribution < -0.4 is 19.6 Å². The second-order valence-corrected chi connectivity index (χ2v) is 39.6. The molecule has 13 aromatic carbocycles. The van der Waals surface area contributed by atoms with Gasteiger partial charge in [-0.15, -0.1) is 201 Å². The minimum atomic E-state index is -0.990. The number of nitrogens with zero attached hydrogens (tertiary/aromatic N) is 10. The van der Waals surface area contributed by atoms with Crippen LogP contribution in [0.5, 0.6) is 0 Å². The van der Waals surface area contributed by atoms with Crippen molar-refractivity contribution < 1.29 is 100 Å². The molecule has 8 aliphatic rings. The molecule has 140 heavy (non-hydrogen) atoms. The van der Waals surface area contributed by atoms with Crippen LogP contribution in [0.1, 0.15) is 24.3 Å². The largest absolute Gasteiger partial charge is 0.512 e. The van der Waals surface area contributed by atoms with Crippen molar-refractivity contribution in [2.45, 2.75) is 92.2 Å². The van der Waals surface area contributed by atoms with E-state index in [1.54, 1.807) is 65.4 Å². The van der Waals surface area contributed by atoms with E-state index in [2.05, 4.69) is 298 Å². The summed E-state index contributed by atoms with van der Waals surface area (Å²) in [4.78, 5) is 75.4. The number of aromatic nitrogens is 6. The van der Waals surface area contributed by atoms with Gasteiger partial charge in [-0.1, -0.05) is 164 Å². The van der Waals surface area contributed by atoms with E-state index in [0.29, 0.717) is 0 Å². The van der Waals surface area contributed by atoms with E-state index in [-0.39, 0.29) is 97.7 Å². The number of ketones is 1. The van der Waals surface area contributed by atoms with Gasteiger partial charge < -0.3 is 54.7 Å². The first-order chi connectivity index (χ1) is 66.9. The van der Waals surface area contributed by atoms with Gasteiger partial charge in [0.25, 0.3) is 0 Å². The molecule has 19 aromatic rings. The number of aliphatic hydroxyl groups is 1. The number of benzene rings is 13. The molecule has 692 valence electrons. The van der Waals surface area contributed by atoms with E-state index in [4.69, 9.17) is 10.2 Å². The molecule has 14 heterocycles. The van der Waals surface area contributed by atoms with Gasteiger partial charge in [0.15, 0.2) is 5.78 Å². The normalized spacial score (nSPS) is 12.4. The molecule has 2 N–H and O–H groups in total. The van der Waals surface area contributed by atoms with E-state index < -0.39 is 5.97 Å². The first-order valence-electron chi connectivity index (χ1n) is 43.3. The smallest absolute Gasteiger partial charge is 0.354 e. The zero-order chi connectivity index (χ0) is 92.0. The van der Waals surface area contributed by atoms with Crippen LogP contribution in [-0.4, -0.2) is 51.9 Å². The number of rotatable bonds is 7. The fourth-order valence-electron chi connectivity index (χ4n) is 16.3. The maximum Gasteiger partial charge on any atom is 0.354 e. The molecule has 8 aliphatic heterocycles. The third-order valence-corrected chi connectivity index (χ3v) is 30.7. The molecule has 0 aliphatic carbocycles. The first kappa shape index (κ1) is 99.6. The van der Waals surface area contributed by atoms with Gasteiger partial charge in [-0.3, -0.25) is 4.79 Å². The molecule has 26 heteroatoms. The summed E-state index contributed by atoms with van der Waals surface area (Å²) in [7, 11) is 0. The summed E-state index contributed by atoms with van der Waals surface area (Å²) in [5.74, 6) is -1.05. The van der Waals surface area contributed by atoms with Crippen molar-refractivity contribution in [3.8, 4) is 56.3 Å². The van der Waals surface area contributed by atoms with Gasteiger partial charge in [0.05, 0.1) is 51.3 Å². The van der Waals surface area contributed by atoms with Crippen LogP contribution in [0.2, 0.25) is 0 Å². The average Bonchev–Trinajstić information content (AvgIpc) is 0.738. The number of carbonyl (C=O) groups excluding carboxylic acids is 1. The van der Waals surface area contributed by atoms with Crippen LogP contribution >= 0.6 is 94.1 Å². The van der Waals surface area contributed by atoms with Crippen molar-refractivity contribution in [3.05, 3.63) is 437 Å². The number of pyridine rings is 6. The minimum absolute atomic E-state index is 0. The maximum atomic E-state index is 10.1. The van der Waals surface area contributed by atoms with E-state index >= 15 is 0 Å². The molecule has 0 fully saturated rings. The van der Waals surface area contributed by atoms with E-state index in [1.165, 1.54) is 159 Å². The van der Waals surface area contributed by atoms with Gasteiger partial charge in [-0.05, 0) is 244 Å². The fraction of sp³-hybridized carbons (Fsp3) is 0.0175. The molecule has 0 bridgehead atoms. The molecular weight excluding hydrogens is 2600 g/mol. The van der Waals surface area contributed by atoms with E-state index in [1.807, 2.05) is 187 Å². The second kappa shape index (κ2) is 45.7. The Morgan fingerprint density at radius 3 is 0.671 bits per heavy atom. The number of allylic oxidation sites excluding steroid dienone is 2. The van der Waals surface area contributed by atoms with Crippen LogP contribution in [0.25, 0.3) is 56.3 Å². The Morgan fingerprint density at radius 2 is 0.479 bits per heavy atom. The molecule has 0 atom stereocenters. The summed E-state index contributed by atoms with van der Waals surface area (Å²) < 4.78 is 0. The van der Waals surface area contributed by atoms with Gasteiger partial charge in [-0.2, -0.15) is 0 Å². The zero-order valence-electron chi connectivity index (χ0n) is 73.8. The minimum Gasteiger partial charge on any atom is -0.512 e. The molecule has 0 amide bonds. The summed E-state index contributed by atoms with van der Waals surface area (Å²) in [5, 5.41) is 16.7. The van der Waals surface area contributed by atoms with Crippen molar-refractivity contribution in [1.82, 2.24) is 29.9 Å². The van der Waals surface area contributed by atoms with Crippen LogP contribution in [0, 0.1) is 30.3 Å². The van der Waals surface area contributed by atoms with Gasteiger partial charge in [0, 0.05) is 163 Å². The van der Waals surface area contributed by atoms with Crippen LogP contribution in [0.4, 0.5) is 68.2 Å². The number of carboxylic acid groups (broad SMARTS) is 1. The van der Waals surface area contributed by atoms with Crippen LogP contribution in [0.3, 0.4) is 0 Å². The number of fused-ring (bicyclic) bond motifs is 16. The molecule has 0 spiro atoms. The first-order valence-corrected chi connectivity index (χ1v) is 49.8. The van der Waals surface area contributed by atoms with Crippen molar-refractivity contribution in [2.75, 3.05) is 19.6 Å². The van der Waals surface area contributed by atoms with Crippen molar-refractivity contribution in [3.63, 3.8) is 0 Å². The van der Waals surface area contributed by atoms with Gasteiger partial charge in [0.1, 0.15) is 5.69 Å². The monoisotopic (exact) mass is 2670 g/mol. The third-order valence-electron chi connectivity index (χ3n) is 22.1. The van der Waals surface area contributed by atoms with E-state index in [9.17, 15) is 9.59 Å². The summed E-state index contributed by atoms with van der Waals surface area (Å²) >= 11 is 14.5. The Bertz CT molecular complexity index is 6700. The van der Waals surface area contributed by atoms with Crippen LogP contribution in [-0.2, 0) is 85.2 Å². The van der Waals surface area contributed by atoms with Gasteiger partial charge >= 0.3 is 5.97 Å². The number of para-hydroxylation sites is 8. The number of hydrogen-bond donors (Lipinski definition) is 2. The molecule has 14 nitrogen and oxygen atoms in total. The molecule has 4 radical (unpaired) electrons. The van der Waals surface area contributed by atoms with Gasteiger partial charge in [-0.25, -0.2) is 9.78 Å². The number of carbonyl (C=O) groups is 2. The fourth-order valence-corrected chi connectivity index (χ4v) is 25.4. The third kappa shape index (κ3) is 21.3. The quantitative estimate of drug-likeness (QED) is 0.0878. The molecular formula is C114H73Ir4N10O4S8-5. The maximum absolute atomic E-state index is 10.1. The topological polar surface area (TPSA) is 165 Å². The summed E-state index contributed by atoms with van der Waals surface area (Å²) in [5.41, 5.74) is 25.0. The Hall–Kier alpha value is -12.0. The number of hydrogen-bond acceptors (Lipinski definition) is 21. The molecule has 0 saturated heterocycles. The van der Waals surface area contributed by atoms with Crippen molar-refractivity contribution in [2.24, 2.45) is 0 Å². The van der Waals surface area contributed by atoms with E-state index in [0.717, 1.165) is 75.9 Å². The van der Waals surface area contributed by atoms with Crippen LogP contribution in [0.15, 0.2) is 479 Å². The Balaban J connectivity index is 0.000000117. The number of anilines is 12. The number of aliphatic hydroxyl groups excluding tert-OH is 1. The number of aromatic carboxylic acids is 1. The summed E-state index contributed by atoms with van der Waals surface area (Å²) in [6.07, 6.45) is 11.8. The predicted octanol–water partition coefficient (Wildman–Crippen LogP) is 32.1. The Morgan fingerprint density at radius 1 is 0.257 bits per heavy atom. The number of carboxylic acids is 1. The predicted molar refractivity (Wildman–Crippen MR) is 553 cm³/mol.